The number of benzene rings is 1. The predicted octanol–water partition coefficient (Wildman–Crippen LogP) is 3.80. The number of carbonyl (C=O) groups excluding carboxylic acids is 1. The minimum atomic E-state index is -0.860. The van der Waals surface area contributed by atoms with Gasteiger partial charge in [-0.05, 0) is 53.7 Å². The SMILES string of the molecule is COC1(C(=O)Cc2c(F)ccc(Br)c2F)CCCC1. The van der Waals surface area contributed by atoms with Gasteiger partial charge in [0.15, 0.2) is 5.78 Å². The van der Waals surface area contributed by atoms with Crippen LogP contribution in [0.1, 0.15) is 31.2 Å². The zero-order chi connectivity index (χ0) is 14.0. The van der Waals surface area contributed by atoms with Crippen molar-refractivity contribution in [1.82, 2.24) is 0 Å². The van der Waals surface area contributed by atoms with E-state index in [-0.39, 0.29) is 22.2 Å². The second-order valence-corrected chi connectivity index (χ2v) is 5.68. The number of rotatable bonds is 4. The lowest BCUT2D eigenvalue weighted by Crippen LogP contribution is -2.39. The summed E-state index contributed by atoms with van der Waals surface area (Å²) in [6.45, 7) is 0. The first kappa shape index (κ1) is 14.6. The van der Waals surface area contributed by atoms with Crippen molar-refractivity contribution in [3.8, 4) is 0 Å². The Balaban J connectivity index is 2.26. The summed E-state index contributed by atoms with van der Waals surface area (Å²) in [5.41, 5.74) is -1.05. The van der Waals surface area contributed by atoms with Crippen molar-refractivity contribution in [3.05, 3.63) is 33.8 Å². The summed E-state index contributed by atoms with van der Waals surface area (Å²) in [4.78, 5) is 12.3. The highest BCUT2D eigenvalue weighted by atomic mass is 79.9. The van der Waals surface area contributed by atoms with Crippen LogP contribution in [-0.4, -0.2) is 18.5 Å². The van der Waals surface area contributed by atoms with Gasteiger partial charge in [-0.2, -0.15) is 0 Å². The van der Waals surface area contributed by atoms with Crippen molar-refractivity contribution in [1.29, 1.82) is 0 Å². The molecule has 2 nitrogen and oxygen atoms in total. The van der Waals surface area contributed by atoms with E-state index in [2.05, 4.69) is 15.9 Å². The Hall–Kier alpha value is -0.810. The average Bonchev–Trinajstić information content (AvgIpc) is 2.89. The molecule has 0 atom stereocenters. The summed E-state index contributed by atoms with van der Waals surface area (Å²) in [6, 6.07) is 2.45. The van der Waals surface area contributed by atoms with Crippen LogP contribution >= 0.6 is 15.9 Å². The van der Waals surface area contributed by atoms with Gasteiger partial charge in [-0.3, -0.25) is 4.79 Å². The van der Waals surface area contributed by atoms with Crippen molar-refractivity contribution in [2.24, 2.45) is 0 Å². The number of hydrogen-bond donors (Lipinski definition) is 0. The highest BCUT2D eigenvalue weighted by Crippen LogP contribution is 2.35. The lowest BCUT2D eigenvalue weighted by Gasteiger charge is -2.25. The van der Waals surface area contributed by atoms with Crippen LogP contribution in [-0.2, 0) is 16.0 Å². The Morgan fingerprint density at radius 1 is 1.37 bits per heavy atom. The maximum absolute atomic E-state index is 13.9. The molecule has 1 aliphatic carbocycles. The van der Waals surface area contributed by atoms with E-state index in [4.69, 9.17) is 4.74 Å². The zero-order valence-corrected chi connectivity index (χ0v) is 12.2. The largest absolute Gasteiger partial charge is 0.370 e. The third-order valence-electron chi connectivity index (χ3n) is 3.79. The molecule has 0 radical (unpaired) electrons. The third kappa shape index (κ3) is 2.72. The van der Waals surface area contributed by atoms with E-state index in [9.17, 15) is 13.6 Å². The topological polar surface area (TPSA) is 26.3 Å². The Morgan fingerprint density at radius 3 is 2.58 bits per heavy atom. The van der Waals surface area contributed by atoms with Crippen LogP contribution < -0.4 is 0 Å². The molecule has 19 heavy (non-hydrogen) atoms. The molecule has 0 aromatic heterocycles. The van der Waals surface area contributed by atoms with Gasteiger partial charge >= 0.3 is 0 Å². The highest BCUT2D eigenvalue weighted by molar-refractivity contribution is 9.10. The molecule has 1 aromatic rings. The van der Waals surface area contributed by atoms with E-state index < -0.39 is 17.2 Å². The van der Waals surface area contributed by atoms with E-state index in [1.165, 1.54) is 13.2 Å². The first-order valence-corrected chi connectivity index (χ1v) is 7.00. The van der Waals surface area contributed by atoms with Gasteiger partial charge in [0.25, 0.3) is 0 Å². The molecule has 0 unspecified atom stereocenters. The van der Waals surface area contributed by atoms with E-state index in [1.54, 1.807) is 0 Å². The molecule has 0 amide bonds. The van der Waals surface area contributed by atoms with Crippen molar-refractivity contribution in [2.45, 2.75) is 37.7 Å². The van der Waals surface area contributed by atoms with Gasteiger partial charge in [-0.1, -0.05) is 0 Å². The first-order valence-electron chi connectivity index (χ1n) is 6.21. The fourth-order valence-electron chi connectivity index (χ4n) is 2.60. The molecule has 104 valence electrons. The van der Waals surface area contributed by atoms with E-state index in [1.807, 2.05) is 0 Å². The van der Waals surface area contributed by atoms with Gasteiger partial charge in [0.2, 0.25) is 0 Å². The number of hydrogen-bond acceptors (Lipinski definition) is 2. The summed E-state index contributed by atoms with van der Waals surface area (Å²) in [5, 5.41) is 0. The number of carbonyl (C=O) groups is 1. The first-order chi connectivity index (χ1) is 9.00. The lowest BCUT2D eigenvalue weighted by atomic mass is 9.91. The number of methoxy groups -OCH3 is 1. The lowest BCUT2D eigenvalue weighted by molar-refractivity contribution is -0.139. The quantitative estimate of drug-likeness (QED) is 0.784. The van der Waals surface area contributed by atoms with Crippen LogP contribution in [0.25, 0.3) is 0 Å². The van der Waals surface area contributed by atoms with Crippen molar-refractivity contribution in [3.63, 3.8) is 0 Å². The fraction of sp³-hybridized carbons (Fsp3) is 0.500. The minimum absolute atomic E-state index is 0.162. The van der Waals surface area contributed by atoms with Crippen LogP contribution in [0.15, 0.2) is 16.6 Å². The fourth-order valence-corrected chi connectivity index (χ4v) is 2.97. The molecule has 0 heterocycles. The smallest absolute Gasteiger partial charge is 0.169 e. The molecular formula is C14H15BrF2O2. The molecule has 1 fully saturated rings. The molecule has 1 aliphatic rings. The van der Waals surface area contributed by atoms with Gasteiger partial charge in [-0.15, -0.1) is 0 Å². The van der Waals surface area contributed by atoms with Crippen LogP contribution in [0.3, 0.4) is 0 Å². The Bertz CT molecular complexity index is 496. The number of Topliss-reactive ketones (excluding diaryl/α,β-unsaturated/α-hetero) is 1. The number of ketones is 1. The van der Waals surface area contributed by atoms with Crippen LogP contribution in [0.4, 0.5) is 8.78 Å². The Kier molecular flexibility index (Phi) is 4.36. The van der Waals surface area contributed by atoms with Gasteiger partial charge in [0.05, 0.1) is 4.47 Å². The van der Waals surface area contributed by atoms with E-state index >= 15 is 0 Å². The molecule has 0 bridgehead atoms. The summed E-state index contributed by atoms with van der Waals surface area (Å²) >= 11 is 3.00. The highest BCUT2D eigenvalue weighted by Gasteiger charge is 2.41. The normalized spacial score (nSPS) is 17.7. The van der Waals surface area contributed by atoms with E-state index in [0.717, 1.165) is 18.9 Å². The average molecular weight is 333 g/mol. The molecule has 1 saturated carbocycles. The monoisotopic (exact) mass is 332 g/mol. The third-order valence-corrected chi connectivity index (χ3v) is 4.40. The van der Waals surface area contributed by atoms with Crippen molar-refractivity contribution in [2.75, 3.05) is 7.11 Å². The molecule has 2 rings (SSSR count). The molecular weight excluding hydrogens is 318 g/mol. The van der Waals surface area contributed by atoms with Crippen LogP contribution in [0.5, 0.6) is 0 Å². The Labute approximate surface area is 119 Å². The maximum Gasteiger partial charge on any atom is 0.169 e. The summed E-state index contributed by atoms with van der Waals surface area (Å²) < 4.78 is 33.0. The second kappa shape index (κ2) is 5.67. The van der Waals surface area contributed by atoms with Gasteiger partial charge in [-0.25, -0.2) is 8.78 Å². The van der Waals surface area contributed by atoms with Crippen LogP contribution in [0.2, 0.25) is 0 Å². The van der Waals surface area contributed by atoms with Gasteiger partial charge in [0, 0.05) is 19.1 Å². The van der Waals surface area contributed by atoms with Crippen molar-refractivity contribution >= 4 is 21.7 Å². The summed E-state index contributed by atoms with van der Waals surface area (Å²) in [7, 11) is 1.48. The molecule has 5 heteroatoms. The zero-order valence-electron chi connectivity index (χ0n) is 10.6. The summed E-state index contributed by atoms with van der Waals surface area (Å²) in [6.07, 6.45) is 2.79. The molecule has 0 spiro atoms. The van der Waals surface area contributed by atoms with Crippen molar-refractivity contribution < 1.29 is 18.3 Å². The molecule has 0 N–H and O–H groups in total. The van der Waals surface area contributed by atoms with Gasteiger partial charge < -0.3 is 4.74 Å². The summed E-state index contributed by atoms with van der Waals surface area (Å²) in [5.74, 6) is -1.65. The minimum Gasteiger partial charge on any atom is -0.370 e. The maximum atomic E-state index is 13.9. The number of ether oxygens (including phenoxy) is 1. The molecule has 1 aromatic carbocycles. The van der Waals surface area contributed by atoms with E-state index in [0.29, 0.717) is 12.8 Å². The van der Waals surface area contributed by atoms with Crippen LogP contribution in [0, 0.1) is 11.6 Å². The standard InChI is InChI=1S/C14H15BrF2O2/c1-19-14(6-2-3-7-14)12(18)8-9-11(16)5-4-10(15)13(9)17/h4-5H,2-3,6-8H2,1H3. The molecule has 0 aliphatic heterocycles. The number of halogens is 3. The van der Waals surface area contributed by atoms with Gasteiger partial charge in [0.1, 0.15) is 17.2 Å². The predicted molar refractivity (Wildman–Crippen MR) is 71.0 cm³/mol. The Morgan fingerprint density at radius 2 is 2.00 bits per heavy atom. The second-order valence-electron chi connectivity index (χ2n) is 4.83. The molecule has 0 saturated heterocycles.